The highest BCUT2D eigenvalue weighted by Gasteiger charge is 2.40. The molecule has 0 spiro atoms. The van der Waals surface area contributed by atoms with E-state index >= 15 is 0 Å². The fraction of sp³-hybridized carbons (Fsp3) is 0.667. The molecule has 2 aliphatic rings. The largest absolute Gasteiger partial charge is 0.368 e. The summed E-state index contributed by atoms with van der Waals surface area (Å²) in [5.41, 5.74) is 5.63. The maximum Gasteiger partial charge on any atom is 0.328 e. The van der Waals surface area contributed by atoms with Gasteiger partial charge < -0.3 is 16.4 Å². The van der Waals surface area contributed by atoms with Crippen LogP contribution in [0.3, 0.4) is 0 Å². The first-order valence-corrected chi connectivity index (χ1v) is 9.95. The Balaban J connectivity index is 1.82. The van der Waals surface area contributed by atoms with E-state index in [1.807, 2.05) is 4.72 Å². The van der Waals surface area contributed by atoms with Gasteiger partial charge >= 0.3 is 6.03 Å². The molecule has 0 saturated heterocycles. The lowest BCUT2D eigenvalue weighted by molar-refractivity contribution is 0.243. The monoisotopic (exact) mass is 368 g/mol. The molecule has 2 aliphatic carbocycles. The van der Waals surface area contributed by atoms with Crippen LogP contribution in [0.25, 0.3) is 0 Å². The maximum absolute atomic E-state index is 12.6. The molecule has 138 valence electrons. The highest BCUT2D eigenvalue weighted by molar-refractivity contribution is 7.90. The first-order valence-electron chi connectivity index (χ1n) is 8.47. The van der Waals surface area contributed by atoms with E-state index in [1.165, 1.54) is 6.42 Å². The SMILES string of the molecule is CC(C)NC(=O)NS(=O)(=O)c1cnc(N)nc1NC1CC2CCC1C2. The molecular weight excluding hydrogens is 344 g/mol. The maximum atomic E-state index is 12.6. The minimum Gasteiger partial charge on any atom is -0.368 e. The van der Waals surface area contributed by atoms with Crippen molar-refractivity contribution in [3.63, 3.8) is 0 Å². The minimum atomic E-state index is -4.11. The fourth-order valence-electron chi connectivity index (χ4n) is 3.75. The second-order valence-corrected chi connectivity index (χ2v) is 8.75. The van der Waals surface area contributed by atoms with Crippen LogP contribution >= 0.6 is 0 Å². The molecule has 25 heavy (non-hydrogen) atoms. The number of fused-ring (bicyclic) bond motifs is 2. The molecule has 3 atom stereocenters. The Kier molecular flexibility index (Phi) is 4.72. The van der Waals surface area contributed by atoms with E-state index in [-0.39, 0.29) is 28.7 Å². The predicted molar refractivity (Wildman–Crippen MR) is 93.3 cm³/mol. The van der Waals surface area contributed by atoms with Crippen molar-refractivity contribution >= 4 is 27.8 Å². The lowest BCUT2D eigenvalue weighted by Gasteiger charge is -2.24. The number of nitrogens with zero attached hydrogens (tertiary/aromatic N) is 2. The Hall–Kier alpha value is -2.10. The summed E-state index contributed by atoms with van der Waals surface area (Å²) in [6, 6.07) is -0.811. The fourth-order valence-corrected chi connectivity index (χ4v) is 4.71. The summed E-state index contributed by atoms with van der Waals surface area (Å²) in [6.45, 7) is 3.47. The number of carbonyl (C=O) groups is 1. The Labute approximate surface area is 147 Å². The van der Waals surface area contributed by atoms with Crippen LogP contribution in [0, 0.1) is 11.8 Å². The molecule has 9 nitrogen and oxygen atoms in total. The van der Waals surface area contributed by atoms with Crippen LogP contribution in [0.5, 0.6) is 0 Å². The average molecular weight is 368 g/mol. The number of nitrogen functional groups attached to an aromatic ring is 1. The lowest BCUT2D eigenvalue weighted by atomic mass is 9.95. The molecular formula is C15H24N6O3S. The van der Waals surface area contributed by atoms with Crippen LogP contribution in [0.1, 0.15) is 39.5 Å². The molecule has 1 aromatic rings. The molecule has 0 aliphatic heterocycles. The van der Waals surface area contributed by atoms with E-state index in [1.54, 1.807) is 13.8 Å². The number of nitrogens with one attached hydrogen (secondary N) is 3. The standard InChI is InChI=1S/C15H24N6O3S/c1-8(2)18-15(22)21-25(23,24)12-7-17-14(16)20-13(12)19-11-6-9-3-4-10(11)5-9/h7-11H,3-6H2,1-2H3,(H2,18,21,22)(H3,16,17,19,20). The second kappa shape index (κ2) is 6.66. The zero-order valence-corrected chi connectivity index (χ0v) is 15.1. The number of anilines is 2. The second-order valence-electron chi connectivity index (χ2n) is 7.10. The van der Waals surface area contributed by atoms with Crippen molar-refractivity contribution in [2.45, 2.75) is 56.5 Å². The molecule has 2 fully saturated rings. The van der Waals surface area contributed by atoms with Crippen molar-refractivity contribution in [1.29, 1.82) is 0 Å². The van der Waals surface area contributed by atoms with Gasteiger partial charge in [0.2, 0.25) is 5.95 Å². The lowest BCUT2D eigenvalue weighted by Crippen LogP contribution is -2.42. The van der Waals surface area contributed by atoms with Crippen molar-refractivity contribution in [3.8, 4) is 0 Å². The molecule has 10 heteroatoms. The Morgan fingerprint density at radius 1 is 1.32 bits per heavy atom. The van der Waals surface area contributed by atoms with E-state index in [9.17, 15) is 13.2 Å². The average Bonchev–Trinajstić information content (AvgIpc) is 3.07. The van der Waals surface area contributed by atoms with Gasteiger partial charge in [-0.25, -0.2) is 22.9 Å². The summed E-state index contributed by atoms with van der Waals surface area (Å²) in [5, 5.41) is 5.70. The van der Waals surface area contributed by atoms with Gasteiger partial charge in [0, 0.05) is 12.1 Å². The summed E-state index contributed by atoms with van der Waals surface area (Å²) >= 11 is 0. The summed E-state index contributed by atoms with van der Waals surface area (Å²) in [4.78, 5) is 19.4. The number of rotatable bonds is 5. The summed E-state index contributed by atoms with van der Waals surface area (Å²) in [7, 11) is -4.11. The first-order chi connectivity index (χ1) is 11.7. The van der Waals surface area contributed by atoms with Gasteiger partial charge in [-0.3, -0.25) is 0 Å². The third kappa shape index (κ3) is 3.94. The van der Waals surface area contributed by atoms with Gasteiger partial charge in [-0.15, -0.1) is 0 Å². The summed E-state index contributed by atoms with van der Waals surface area (Å²) < 4.78 is 27.1. The zero-order valence-electron chi connectivity index (χ0n) is 14.3. The number of urea groups is 1. The molecule has 3 unspecified atom stereocenters. The molecule has 5 N–H and O–H groups in total. The van der Waals surface area contributed by atoms with Crippen LogP contribution in [-0.4, -0.2) is 36.5 Å². The summed E-state index contributed by atoms with van der Waals surface area (Å²) in [5.74, 6) is 1.34. The Morgan fingerprint density at radius 3 is 2.68 bits per heavy atom. The van der Waals surface area contributed by atoms with Gasteiger partial charge in [-0.1, -0.05) is 6.42 Å². The van der Waals surface area contributed by atoms with Gasteiger partial charge in [0.15, 0.2) is 5.82 Å². The quantitative estimate of drug-likeness (QED) is 0.609. The summed E-state index contributed by atoms with van der Waals surface area (Å²) in [6.07, 6.45) is 5.66. The van der Waals surface area contributed by atoms with Crippen LogP contribution in [0.2, 0.25) is 0 Å². The number of carbonyl (C=O) groups excluding carboxylic acids is 1. The van der Waals surface area contributed by atoms with Crippen molar-refractivity contribution in [2.75, 3.05) is 11.1 Å². The van der Waals surface area contributed by atoms with Gasteiger partial charge in [0.1, 0.15) is 4.90 Å². The van der Waals surface area contributed by atoms with Crippen LogP contribution < -0.4 is 21.1 Å². The Bertz CT molecular complexity index is 767. The molecule has 2 amide bonds. The Morgan fingerprint density at radius 2 is 2.08 bits per heavy atom. The van der Waals surface area contributed by atoms with Crippen molar-refractivity contribution < 1.29 is 13.2 Å². The highest BCUT2D eigenvalue weighted by atomic mass is 32.2. The topological polar surface area (TPSA) is 139 Å². The number of hydrogen-bond acceptors (Lipinski definition) is 7. The van der Waals surface area contributed by atoms with Crippen LogP contribution in [0.15, 0.2) is 11.1 Å². The smallest absolute Gasteiger partial charge is 0.328 e. The molecule has 3 rings (SSSR count). The third-order valence-electron chi connectivity index (χ3n) is 4.77. The minimum absolute atomic E-state index is 0.0174. The van der Waals surface area contributed by atoms with Gasteiger partial charge in [0.05, 0.1) is 6.20 Å². The predicted octanol–water partition coefficient (Wildman–Crippen LogP) is 1.06. The third-order valence-corrected chi connectivity index (χ3v) is 6.10. The number of amides is 2. The van der Waals surface area contributed by atoms with E-state index in [0.717, 1.165) is 25.5 Å². The van der Waals surface area contributed by atoms with Crippen molar-refractivity contribution in [2.24, 2.45) is 11.8 Å². The normalized spacial score (nSPS) is 25.2. The molecule has 1 heterocycles. The van der Waals surface area contributed by atoms with E-state index < -0.39 is 16.1 Å². The highest BCUT2D eigenvalue weighted by Crippen LogP contribution is 2.45. The number of aromatic nitrogens is 2. The van der Waals surface area contributed by atoms with E-state index in [4.69, 9.17) is 5.73 Å². The number of hydrogen-bond donors (Lipinski definition) is 4. The van der Waals surface area contributed by atoms with Crippen LogP contribution in [-0.2, 0) is 10.0 Å². The number of nitrogens with two attached hydrogens (primary N) is 1. The van der Waals surface area contributed by atoms with Crippen molar-refractivity contribution in [3.05, 3.63) is 6.20 Å². The molecule has 1 aromatic heterocycles. The molecule has 0 aromatic carbocycles. The van der Waals surface area contributed by atoms with Crippen LogP contribution in [0.4, 0.5) is 16.6 Å². The number of sulfonamides is 1. The van der Waals surface area contributed by atoms with Gasteiger partial charge in [-0.2, -0.15) is 4.98 Å². The van der Waals surface area contributed by atoms with E-state index in [0.29, 0.717) is 11.8 Å². The molecule has 2 bridgehead atoms. The van der Waals surface area contributed by atoms with Gasteiger partial charge in [-0.05, 0) is 44.9 Å². The van der Waals surface area contributed by atoms with Gasteiger partial charge in [0.25, 0.3) is 10.0 Å². The van der Waals surface area contributed by atoms with E-state index in [2.05, 4.69) is 20.6 Å². The molecule has 0 radical (unpaired) electrons. The zero-order chi connectivity index (χ0) is 18.2. The molecule has 2 saturated carbocycles. The van der Waals surface area contributed by atoms with Crippen molar-refractivity contribution in [1.82, 2.24) is 20.0 Å². The first kappa shape index (κ1) is 17.7.